The highest BCUT2D eigenvalue weighted by atomic mass is 19.1. The first-order valence-corrected chi connectivity index (χ1v) is 6.29. The molecule has 0 aliphatic carbocycles. The van der Waals surface area contributed by atoms with Crippen molar-refractivity contribution < 1.29 is 23.0 Å². The Hall–Kier alpha value is -2.27. The fraction of sp³-hybridized carbons (Fsp3) is 0.188. The number of methoxy groups -OCH3 is 1. The van der Waals surface area contributed by atoms with E-state index in [2.05, 4.69) is 0 Å². The number of rotatable bonds is 6. The highest BCUT2D eigenvalue weighted by molar-refractivity contribution is 5.97. The molecule has 3 nitrogen and oxygen atoms in total. The van der Waals surface area contributed by atoms with Crippen LogP contribution in [0.5, 0.6) is 5.75 Å². The van der Waals surface area contributed by atoms with E-state index in [9.17, 15) is 13.6 Å². The number of halogens is 2. The molecule has 5 heteroatoms. The molecule has 21 heavy (non-hydrogen) atoms. The van der Waals surface area contributed by atoms with Crippen molar-refractivity contribution in [2.75, 3.05) is 13.7 Å². The SMILES string of the molecule is COCc1cccc(OCC(=O)c2cc(F)ccc2F)c1. The van der Waals surface area contributed by atoms with E-state index in [1.165, 1.54) is 0 Å². The van der Waals surface area contributed by atoms with Crippen molar-refractivity contribution in [2.45, 2.75) is 6.61 Å². The molecule has 2 aromatic carbocycles. The van der Waals surface area contributed by atoms with Gasteiger partial charge in [0.1, 0.15) is 17.4 Å². The van der Waals surface area contributed by atoms with Crippen LogP contribution in [-0.2, 0) is 11.3 Å². The van der Waals surface area contributed by atoms with Gasteiger partial charge in [-0.3, -0.25) is 4.79 Å². The summed E-state index contributed by atoms with van der Waals surface area (Å²) < 4.78 is 36.8. The second-order valence-corrected chi connectivity index (χ2v) is 4.42. The summed E-state index contributed by atoms with van der Waals surface area (Å²) in [5.74, 6) is -1.58. The molecule has 0 unspecified atom stereocenters. The third kappa shape index (κ3) is 4.10. The predicted octanol–water partition coefficient (Wildman–Crippen LogP) is 3.37. The quantitative estimate of drug-likeness (QED) is 0.766. The Balaban J connectivity index is 2.04. The van der Waals surface area contributed by atoms with Crippen LogP contribution in [0.2, 0.25) is 0 Å². The topological polar surface area (TPSA) is 35.5 Å². The van der Waals surface area contributed by atoms with Crippen molar-refractivity contribution in [1.29, 1.82) is 0 Å². The monoisotopic (exact) mass is 292 g/mol. The van der Waals surface area contributed by atoms with E-state index in [1.54, 1.807) is 25.3 Å². The second kappa shape index (κ2) is 6.95. The molecular formula is C16H14F2O3. The van der Waals surface area contributed by atoms with E-state index in [0.29, 0.717) is 12.4 Å². The summed E-state index contributed by atoms with van der Waals surface area (Å²) in [4.78, 5) is 11.8. The summed E-state index contributed by atoms with van der Waals surface area (Å²) in [5.41, 5.74) is 0.572. The number of hydrogen-bond donors (Lipinski definition) is 0. The third-order valence-corrected chi connectivity index (χ3v) is 2.81. The van der Waals surface area contributed by atoms with Gasteiger partial charge in [0.2, 0.25) is 5.78 Å². The van der Waals surface area contributed by atoms with Crippen molar-refractivity contribution in [3.05, 3.63) is 65.2 Å². The lowest BCUT2D eigenvalue weighted by atomic mass is 10.1. The lowest BCUT2D eigenvalue weighted by Gasteiger charge is -2.08. The molecule has 110 valence electrons. The number of ether oxygens (including phenoxy) is 2. The molecule has 0 aliphatic rings. The van der Waals surface area contributed by atoms with Gasteiger partial charge in [-0.05, 0) is 35.9 Å². The molecule has 0 bridgehead atoms. The Labute approximate surface area is 121 Å². The van der Waals surface area contributed by atoms with E-state index in [4.69, 9.17) is 9.47 Å². The van der Waals surface area contributed by atoms with Crippen LogP contribution in [0.1, 0.15) is 15.9 Å². The van der Waals surface area contributed by atoms with Crippen LogP contribution in [0, 0.1) is 11.6 Å². The molecule has 0 spiro atoms. The molecule has 0 atom stereocenters. The minimum Gasteiger partial charge on any atom is -0.485 e. The van der Waals surface area contributed by atoms with Gasteiger partial charge >= 0.3 is 0 Å². The molecule has 2 rings (SSSR count). The molecule has 0 heterocycles. The van der Waals surface area contributed by atoms with Gasteiger partial charge in [0.15, 0.2) is 6.61 Å². The fourth-order valence-corrected chi connectivity index (χ4v) is 1.83. The lowest BCUT2D eigenvalue weighted by Crippen LogP contribution is -2.13. The van der Waals surface area contributed by atoms with Gasteiger partial charge in [-0.2, -0.15) is 0 Å². The minimum atomic E-state index is -0.766. The van der Waals surface area contributed by atoms with Gasteiger partial charge in [0.25, 0.3) is 0 Å². The highest BCUT2D eigenvalue weighted by Crippen LogP contribution is 2.15. The largest absolute Gasteiger partial charge is 0.485 e. The first-order chi connectivity index (χ1) is 10.1. The second-order valence-electron chi connectivity index (χ2n) is 4.42. The Morgan fingerprint density at radius 2 is 1.95 bits per heavy atom. The van der Waals surface area contributed by atoms with E-state index in [0.717, 1.165) is 23.8 Å². The van der Waals surface area contributed by atoms with Crippen molar-refractivity contribution in [3.8, 4) is 5.75 Å². The number of Topliss-reactive ketones (excluding diaryl/α,β-unsaturated/α-hetero) is 1. The summed E-state index contributed by atoms with van der Waals surface area (Å²) in [6, 6.07) is 9.75. The maximum Gasteiger partial charge on any atom is 0.203 e. The molecular weight excluding hydrogens is 278 g/mol. The molecule has 0 N–H and O–H groups in total. The van der Waals surface area contributed by atoms with Gasteiger partial charge in [-0.25, -0.2) is 8.78 Å². The van der Waals surface area contributed by atoms with Gasteiger partial charge in [-0.1, -0.05) is 12.1 Å². The summed E-state index contributed by atoms with van der Waals surface area (Å²) in [6.45, 7) is 0.0560. The maximum absolute atomic E-state index is 13.5. The zero-order valence-corrected chi connectivity index (χ0v) is 11.4. The molecule has 0 saturated heterocycles. The van der Waals surface area contributed by atoms with Crippen molar-refractivity contribution in [2.24, 2.45) is 0 Å². The average Bonchev–Trinajstić information content (AvgIpc) is 2.48. The molecule has 0 aromatic heterocycles. The van der Waals surface area contributed by atoms with Crippen LogP contribution in [0.25, 0.3) is 0 Å². The normalized spacial score (nSPS) is 10.4. The summed E-state index contributed by atoms with van der Waals surface area (Å²) >= 11 is 0. The minimum absolute atomic E-state index is 0.317. The van der Waals surface area contributed by atoms with Gasteiger partial charge in [-0.15, -0.1) is 0 Å². The number of carbonyl (C=O) groups excluding carboxylic acids is 1. The van der Waals surface area contributed by atoms with E-state index >= 15 is 0 Å². The predicted molar refractivity (Wildman–Crippen MR) is 73.3 cm³/mol. The first kappa shape index (κ1) is 15.1. The highest BCUT2D eigenvalue weighted by Gasteiger charge is 2.13. The van der Waals surface area contributed by atoms with Crippen molar-refractivity contribution in [1.82, 2.24) is 0 Å². The van der Waals surface area contributed by atoms with Gasteiger partial charge in [0, 0.05) is 7.11 Å². The van der Waals surface area contributed by atoms with Crippen molar-refractivity contribution in [3.63, 3.8) is 0 Å². The van der Waals surface area contributed by atoms with E-state index in [1.807, 2.05) is 6.07 Å². The standard InChI is InChI=1S/C16H14F2O3/c1-20-9-11-3-2-4-13(7-11)21-10-16(19)14-8-12(17)5-6-15(14)18/h2-8H,9-10H2,1H3. The third-order valence-electron chi connectivity index (χ3n) is 2.81. The van der Waals surface area contributed by atoms with Crippen LogP contribution in [-0.4, -0.2) is 19.5 Å². The Morgan fingerprint density at radius 3 is 2.71 bits per heavy atom. The van der Waals surface area contributed by atoms with Crippen LogP contribution in [0.4, 0.5) is 8.78 Å². The zero-order valence-electron chi connectivity index (χ0n) is 11.4. The molecule has 2 aromatic rings. The average molecular weight is 292 g/mol. The molecule has 0 fully saturated rings. The Kier molecular flexibility index (Phi) is 5.00. The summed E-state index contributed by atoms with van der Waals surface area (Å²) in [6.07, 6.45) is 0. The molecule has 0 saturated carbocycles. The molecule has 0 amide bonds. The summed E-state index contributed by atoms with van der Waals surface area (Å²) in [5, 5.41) is 0. The van der Waals surface area contributed by atoms with E-state index < -0.39 is 17.4 Å². The van der Waals surface area contributed by atoms with Crippen LogP contribution in [0.3, 0.4) is 0 Å². The van der Waals surface area contributed by atoms with Gasteiger partial charge in [0.05, 0.1) is 12.2 Å². The van der Waals surface area contributed by atoms with E-state index in [-0.39, 0.29) is 12.2 Å². The van der Waals surface area contributed by atoms with Crippen LogP contribution < -0.4 is 4.74 Å². The van der Waals surface area contributed by atoms with Crippen molar-refractivity contribution >= 4 is 5.78 Å². The number of benzene rings is 2. The van der Waals surface area contributed by atoms with Crippen LogP contribution >= 0.6 is 0 Å². The Bertz CT molecular complexity index is 641. The first-order valence-electron chi connectivity index (χ1n) is 6.29. The molecule has 0 radical (unpaired) electrons. The zero-order chi connectivity index (χ0) is 15.2. The number of hydrogen-bond acceptors (Lipinski definition) is 3. The number of ketones is 1. The summed E-state index contributed by atoms with van der Waals surface area (Å²) in [7, 11) is 1.57. The lowest BCUT2D eigenvalue weighted by molar-refractivity contribution is 0.0916. The Morgan fingerprint density at radius 1 is 1.14 bits per heavy atom. The smallest absolute Gasteiger partial charge is 0.203 e. The fourth-order valence-electron chi connectivity index (χ4n) is 1.83. The molecule has 0 aliphatic heterocycles. The van der Waals surface area contributed by atoms with Crippen LogP contribution in [0.15, 0.2) is 42.5 Å². The maximum atomic E-state index is 13.5. The number of carbonyl (C=O) groups is 1. The van der Waals surface area contributed by atoms with Gasteiger partial charge < -0.3 is 9.47 Å².